The Morgan fingerprint density at radius 3 is 2.33 bits per heavy atom. The number of benzene rings is 5. The Labute approximate surface area is 232 Å². The summed E-state index contributed by atoms with van der Waals surface area (Å²) in [4.78, 5) is 25.6. The maximum atomic E-state index is 12.8. The van der Waals surface area contributed by atoms with E-state index in [4.69, 9.17) is 9.47 Å². The largest absolute Gasteiger partial charge is 0.489 e. The molecule has 0 aliphatic heterocycles. The van der Waals surface area contributed by atoms with Crippen molar-refractivity contribution < 1.29 is 19.1 Å². The van der Waals surface area contributed by atoms with Gasteiger partial charge < -0.3 is 9.47 Å². The van der Waals surface area contributed by atoms with E-state index < -0.39 is 5.97 Å². The first kappa shape index (κ1) is 26.4. The lowest BCUT2D eigenvalue weighted by Crippen LogP contribution is -2.17. The summed E-state index contributed by atoms with van der Waals surface area (Å²) in [5.41, 5.74) is 7.26. The Bertz CT molecular complexity index is 1690. The number of hydrazone groups is 1. The zero-order chi connectivity index (χ0) is 27.9. The average molecular weight is 529 g/mol. The number of nitrogens with zero attached hydrogens (tertiary/aromatic N) is 1. The number of esters is 1. The summed E-state index contributed by atoms with van der Waals surface area (Å²) in [6.45, 7) is 4.40. The highest BCUT2D eigenvalue weighted by Crippen LogP contribution is 2.27. The molecule has 0 aromatic heterocycles. The molecule has 40 heavy (non-hydrogen) atoms. The van der Waals surface area contributed by atoms with Crippen molar-refractivity contribution in [2.24, 2.45) is 5.10 Å². The molecule has 0 aliphatic rings. The summed E-state index contributed by atoms with van der Waals surface area (Å²) in [7, 11) is 0. The van der Waals surface area contributed by atoms with Gasteiger partial charge in [-0.1, -0.05) is 77.9 Å². The van der Waals surface area contributed by atoms with Gasteiger partial charge in [-0.15, -0.1) is 0 Å². The lowest BCUT2D eigenvalue weighted by molar-refractivity contribution is 0.0734. The van der Waals surface area contributed by atoms with Crippen molar-refractivity contribution in [2.45, 2.75) is 20.5 Å². The number of aryl methyl sites for hydroxylation is 2. The molecule has 5 rings (SSSR count). The first-order valence-electron chi connectivity index (χ1n) is 12.9. The van der Waals surface area contributed by atoms with Gasteiger partial charge in [0.15, 0.2) is 0 Å². The van der Waals surface area contributed by atoms with E-state index in [-0.39, 0.29) is 5.91 Å². The zero-order valence-corrected chi connectivity index (χ0v) is 22.3. The molecule has 1 amide bonds. The predicted molar refractivity (Wildman–Crippen MR) is 157 cm³/mol. The van der Waals surface area contributed by atoms with Crippen molar-refractivity contribution in [2.75, 3.05) is 0 Å². The van der Waals surface area contributed by atoms with Gasteiger partial charge in [0.05, 0.1) is 11.8 Å². The summed E-state index contributed by atoms with van der Waals surface area (Å²) >= 11 is 0. The van der Waals surface area contributed by atoms with E-state index in [0.29, 0.717) is 34.8 Å². The standard InChI is InChI=1S/C34H28N2O4/c1-23-10-12-25(13-11-23)22-39-29-17-14-27(15-18-29)33(37)36-35-21-31-30-9-4-3-7-26(30)16-19-32(31)40-34(38)28-8-5-6-24(2)20-28/h3-21H,22H2,1-2H3,(H,36,37)/b35-21+. The van der Waals surface area contributed by atoms with Crippen LogP contribution in [0.3, 0.4) is 0 Å². The SMILES string of the molecule is Cc1ccc(COc2ccc(C(=O)N/N=C/c3c(OC(=O)c4cccc(C)c4)ccc4ccccc34)cc2)cc1. The van der Waals surface area contributed by atoms with Crippen molar-refractivity contribution in [1.82, 2.24) is 5.43 Å². The van der Waals surface area contributed by atoms with Gasteiger partial charge in [-0.3, -0.25) is 4.79 Å². The van der Waals surface area contributed by atoms with Crippen LogP contribution in [0, 0.1) is 13.8 Å². The van der Waals surface area contributed by atoms with Crippen LogP contribution >= 0.6 is 0 Å². The molecule has 0 heterocycles. The molecule has 0 fully saturated rings. The highest BCUT2D eigenvalue weighted by Gasteiger charge is 2.14. The third kappa shape index (κ3) is 6.42. The number of hydrogen-bond donors (Lipinski definition) is 1. The van der Waals surface area contributed by atoms with Crippen molar-refractivity contribution >= 4 is 28.9 Å². The van der Waals surface area contributed by atoms with Crippen LogP contribution in [-0.2, 0) is 6.61 Å². The van der Waals surface area contributed by atoms with E-state index in [9.17, 15) is 9.59 Å². The number of fused-ring (bicyclic) bond motifs is 1. The summed E-state index contributed by atoms with van der Waals surface area (Å²) in [6.07, 6.45) is 1.50. The van der Waals surface area contributed by atoms with Gasteiger partial charge in [-0.05, 0) is 72.6 Å². The molecule has 0 spiro atoms. The first-order valence-corrected chi connectivity index (χ1v) is 12.9. The molecular formula is C34H28N2O4. The number of rotatable bonds is 8. The van der Waals surface area contributed by atoms with E-state index in [0.717, 1.165) is 21.9 Å². The molecule has 5 aromatic carbocycles. The highest BCUT2D eigenvalue weighted by molar-refractivity contribution is 6.04. The fourth-order valence-corrected chi connectivity index (χ4v) is 4.20. The van der Waals surface area contributed by atoms with Crippen LogP contribution in [0.2, 0.25) is 0 Å². The lowest BCUT2D eigenvalue weighted by atomic mass is 10.0. The third-order valence-electron chi connectivity index (χ3n) is 6.39. The molecule has 0 saturated heterocycles. The van der Waals surface area contributed by atoms with Crippen LogP contribution in [0.4, 0.5) is 0 Å². The number of nitrogens with one attached hydrogen (secondary N) is 1. The van der Waals surface area contributed by atoms with Crippen LogP contribution in [0.25, 0.3) is 10.8 Å². The average Bonchev–Trinajstić information content (AvgIpc) is 2.98. The molecule has 5 aromatic rings. The smallest absolute Gasteiger partial charge is 0.343 e. The highest BCUT2D eigenvalue weighted by atomic mass is 16.5. The van der Waals surface area contributed by atoms with Crippen molar-refractivity contribution in [1.29, 1.82) is 0 Å². The maximum Gasteiger partial charge on any atom is 0.343 e. The van der Waals surface area contributed by atoms with Gasteiger partial charge >= 0.3 is 5.97 Å². The molecular weight excluding hydrogens is 500 g/mol. The molecule has 0 unspecified atom stereocenters. The number of carbonyl (C=O) groups excluding carboxylic acids is 2. The van der Waals surface area contributed by atoms with Crippen molar-refractivity contribution in [3.8, 4) is 11.5 Å². The quantitative estimate of drug-likeness (QED) is 0.102. The predicted octanol–water partition coefficient (Wildman–Crippen LogP) is 7.02. The molecule has 6 nitrogen and oxygen atoms in total. The Hall–Kier alpha value is -5.23. The van der Waals surface area contributed by atoms with E-state index in [1.54, 1.807) is 42.5 Å². The number of hydrogen-bond acceptors (Lipinski definition) is 5. The Morgan fingerprint density at radius 1 is 0.775 bits per heavy atom. The molecule has 0 saturated carbocycles. The van der Waals surface area contributed by atoms with Gasteiger partial charge in [0.25, 0.3) is 5.91 Å². The van der Waals surface area contributed by atoms with Crippen LogP contribution in [0.1, 0.15) is 43.0 Å². The molecule has 0 radical (unpaired) electrons. The lowest BCUT2D eigenvalue weighted by Gasteiger charge is -2.11. The number of ether oxygens (including phenoxy) is 2. The fraction of sp³-hybridized carbons (Fsp3) is 0.0882. The van der Waals surface area contributed by atoms with E-state index in [1.165, 1.54) is 11.8 Å². The van der Waals surface area contributed by atoms with E-state index in [1.807, 2.05) is 80.6 Å². The second-order valence-corrected chi connectivity index (χ2v) is 9.46. The zero-order valence-electron chi connectivity index (χ0n) is 22.3. The minimum atomic E-state index is -0.470. The summed E-state index contributed by atoms with van der Waals surface area (Å²) < 4.78 is 11.6. The first-order chi connectivity index (χ1) is 19.5. The summed E-state index contributed by atoms with van der Waals surface area (Å²) in [6, 6.07) is 33.5. The number of amides is 1. The van der Waals surface area contributed by atoms with Crippen molar-refractivity contribution in [3.05, 3.63) is 143 Å². The molecule has 0 atom stereocenters. The Balaban J connectivity index is 1.28. The Morgan fingerprint density at radius 2 is 1.55 bits per heavy atom. The van der Waals surface area contributed by atoms with Gasteiger partial charge in [0.1, 0.15) is 18.1 Å². The van der Waals surface area contributed by atoms with Crippen LogP contribution in [0.15, 0.2) is 114 Å². The van der Waals surface area contributed by atoms with Crippen LogP contribution < -0.4 is 14.9 Å². The second kappa shape index (κ2) is 12.1. The normalized spacial score (nSPS) is 10.9. The molecule has 198 valence electrons. The van der Waals surface area contributed by atoms with Crippen LogP contribution in [-0.4, -0.2) is 18.1 Å². The van der Waals surface area contributed by atoms with Gasteiger partial charge in [0.2, 0.25) is 0 Å². The molecule has 1 N–H and O–H groups in total. The number of carbonyl (C=O) groups is 2. The van der Waals surface area contributed by atoms with E-state index >= 15 is 0 Å². The third-order valence-corrected chi connectivity index (χ3v) is 6.39. The van der Waals surface area contributed by atoms with Crippen LogP contribution in [0.5, 0.6) is 11.5 Å². The van der Waals surface area contributed by atoms with Gasteiger partial charge in [0, 0.05) is 11.1 Å². The topological polar surface area (TPSA) is 77.0 Å². The molecule has 6 heteroatoms. The van der Waals surface area contributed by atoms with Crippen molar-refractivity contribution in [3.63, 3.8) is 0 Å². The van der Waals surface area contributed by atoms with E-state index in [2.05, 4.69) is 10.5 Å². The summed E-state index contributed by atoms with van der Waals surface area (Å²) in [5, 5.41) is 5.97. The second-order valence-electron chi connectivity index (χ2n) is 9.46. The molecule has 0 bridgehead atoms. The monoisotopic (exact) mass is 528 g/mol. The van der Waals surface area contributed by atoms with Gasteiger partial charge in [-0.25, -0.2) is 10.2 Å². The maximum absolute atomic E-state index is 12.8. The summed E-state index contributed by atoms with van der Waals surface area (Å²) in [5.74, 6) is 0.164. The minimum absolute atomic E-state index is 0.346. The Kier molecular flexibility index (Phi) is 7.97. The van der Waals surface area contributed by atoms with Gasteiger partial charge in [-0.2, -0.15) is 5.10 Å². The fourth-order valence-electron chi connectivity index (χ4n) is 4.20. The minimum Gasteiger partial charge on any atom is -0.489 e. The molecule has 0 aliphatic carbocycles.